The van der Waals surface area contributed by atoms with Gasteiger partial charge in [-0.15, -0.1) is 0 Å². The normalized spacial score (nSPS) is 18.7. The molecule has 0 radical (unpaired) electrons. The second kappa shape index (κ2) is 11.6. The van der Waals surface area contributed by atoms with Crippen LogP contribution >= 0.6 is 0 Å². The molecule has 1 N–H and O–H groups in total. The van der Waals surface area contributed by atoms with Gasteiger partial charge in [0.2, 0.25) is 5.91 Å². The number of hydrogen-bond acceptors (Lipinski definition) is 6. The van der Waals surface area contributed by atoms with Crippen molar-refractivity contribution in [2.24, 2.45) is 0 Å². The molecule has 0 bridgehead atoms. The standard InChI is InChI=1S/C31H34F3N5O4/c1-20(40)37-15-12-26-25(18-37)30(21-6-8-22(9-7-21)31(32,33)34)35-38(26)17-24(41)16-36-13-10-23(11-14-36)39-27-4-2-3-5-28(27)43-19-29(39)42/h2-9,23-24,41H,10-19H2,1H3. The summed E-state index contributed by atoms with van der Waals surface area (Å²) in [5, 5.41) is 15.9. The lowest BCUT2D eigenvalue weighted by Gasteiger charge is -2.41. The number of carbonyl (C=O) groups excluding carboxylic acids is 2. The van der Waals surface area contributed by atoms with E-state index in [4.69, 9.17) is 9.84 Å². The first-order chi connectivity index (χ1) is 20.6. The Hall–Kier alpha value is -3.90. The van der Waals surface area contributed by atoms with Gasteiger partial charge in [-0.05, 0) is 37.1 Å². The summed E-state index contributed by atoms with van der Waals surface area (Å²) in [6, 6.07) is 12.5. The zero-order valence-electron chi connectivity index (χ0n) is 23.9. The molecule has 4 heterocycles. The molecule has 1 fully saturated rings. The summed E-state index contributed by atoms with van der Waals surface area (Å²) in [4.78, 5) is 30.6. The van der Waals surface area contributed by atoms with E-state index in [9.17, 15) is 27.9 Å². The smallest absolute Gasteiger partial charge is 0.416 e. The number of para-hydroxylation sites is 2. The highest BCUT2D eigenvalue weighted by atomic mass is 19.4. The highest BCUT2D eigenvalue weighted by Gasteiger charge is 2.35. The number of aliphatic hydroxyl groups is 1. The van der Waals surface area contributed by atoms with Crippen molar-refractivity contribution in [2.45, 2.75) is 57.6 Å². The van der Waals surface area contributed by atoms with Crippen LogP contribution in [0, 0.1) is 0 Å². The van der Waals surface area contributed by atoms with Gasteiger partial charge in [-0.1, -0.05) is 24.3 Å². The Bertz CT molecular complexity index is 1500. The third-order valence-corrected chi connectivity index (χ3v) is 8.58. The van der Waals surface area contributed by atoms with E-state index >= 15 is 0 Å². The topological polar surface area (TPSA) is 91.1 Å². The summed E-state index contributed by atoms with van der Waals surface area (Å²) >= 11 is 0. The number of benzene rings is 2. The summed E-state index contributed by atoms with van der Waals surface area (Å²) in [6.45, 7) is 4.42. The average Bonchev–Trinajstić information content (AvgIpc) is 3.34. The van der Waals surface area contributed by atoms with Gasteiger partial charge in [0.1, 0.15) is 5.75 Å². The minimum atomic E-state index is -4.44. The van der Waals surface area contributed by atoms with E-state index in [2.05, 4.69) is 4.90 Å². The van der Waals surface area contributed by atoms with E-state index < -0.39 is 17.8 Å². The Morgan fingerprint density at radius 3 is 2.49 bits per heavy atom. The summed E-state index contributed by atoms with van der Waals surface area (Å²) in [7, 11) is 0. The SMILES string of the molecule is CC(=O)N1CCc2c(c(-c3ccc(C(F)(F)F)cc3)nn2CC(O)CN2CCC(N3C(=O)COc4ccccc43)CC2)C1. The number of ether oxygens (including phenoxy) is 1. The number of aliphatic hydroxyl groups excluding tert-OH is 1. The predicted octanol–water partition coefficient (Wildman–Crippen LogP) is 3.72. The van der Waals surface area contributed by atoms with Crippen LogP contribution in [-0.2, 0) is 35.3 Å². The Kier molecular flexibility index (Phi) is 7.91. The van der Waals surface area contributed by atoms with Gasteiger partial charge in [0.15, 0.2) is 6.61 Å². The molecular weight excluding hydrogens is 563 g/mol. The lowest BCUT2D eigenvalue weighted by atomic mass is 9.99. The van der Waals surface area contributed by atoms with Crippen molar-refractivity contribution in [3.05, 3.63) is 65.4 Å². The van der Waals surface area contributed by atoms with E-state index in [1.807, 2.05) is 29.2 Å². The maximum Gasteiger partial charge on any atom is 0.416 e. The van der Waals surface area contributed by atoms with Crippen LogP contribution in [-0.4, -0.2) is 81.4 Å². The van der Waals surface area contributed by atoms with Crippen molar-refractivity contribution < 1.29 is 32.6 Å². The number of hydrogen-bond donors (Lipinski definition) is 1. The number of anilines is 1. The molecule has 2 aromatic carbocycles. The van der Waals surface area contributed by atoms with Crippen molar-refractivity contribution in [3.8, 4) is 17.0 Å². The Labute approximate surface area is 247 Å². The number of β-amino-alcohol motifs (C(OH)–C–C–N with tert-alkyl or cyclic N) is 1. The van der Waals surface area contributed by atoms with Gasteiger partial charge < -0.3 is 24.5 Å². The molecule has 1 unspecified atom stereocenters. The molecule has 228 valence electrons. The van der Waals surface area contributed by atoms with Crippen molar-refractivity contribution in [2.75, 3.05) is 37.7 Å². The maximum absolute atomic E-state index is 13.2. The summed E-state index contributed by atoms with van der Waals surface area (Å²) < 4.78 is 46.8. The van der Waals surface area contributed by atoms with Crippen LogP contribution in [0.2, 0.25) is 0 Å². The lowest BCUT2D eigenvalue weighted by Crippen LogP contribution is -2.51. The second-order valence-electron chi connectivity index (χ2n) is 11.4. The second-order valence-corrected chi connectivity index (χ2v) is 11.4. The molecule has 2 amide bonds. The largest absolute Gasteiger partial charge is 0.482 e. The van der Waals surface area contributed by atoms with E-state index in [0.29, 0.717) is 43.1 Å². The first-order valence-corrected chi connectivity index (χ1v) is 14.5. The van der Waals surface area contributed by atoms with E-state index in [1.54, 1.807) is 9.58 Å². The fourth-order valence-corrected chi connectivity index (χ4v) is 6.40. The Morgan fingerprint density at radius 2 is 1.79 bits per heavy atom. The van der Waals surface area contributed by atoms with Crippen molar-refractivity contribution in [1.29, 1.82) is 0 Å². The zero-order valence-corrected chi connectivity index (χ0v) is 23.9. The maximum atomic E-state index is 13.2. The number of likely N-dealkylation sites (tertiary alicyclic amines) is 1. The highest BCUT2D eigenvalue weighted by Crippen LogP contribution is 2.36. The molecule has 0 aliphatic carbocycles. The van der Waals surface area contributed by atoms with Crippen LogP contribution < -0.4 is 9.64 Å². The summed E-state index contributed by atoms with van der Waals surface area (Å²) in [6.07, 6.45) is -3.11. The molecule has 1 saturated heterocycles. The molecule has 1 atom stereocenters. The summed E-state index contributed by atoms with van der Waals surface area (Å²) in [5.41, 5.74) is 2.80. The fourth-order valence-electron chi connectivity index (χ4n) is 6.40. The number of fused-ring (bicyclic) bond motifs is 2. The molecule has 3 aliphatic rings. The molecule has 0 spiro atoms. The van der Waals surface area contributed by atoms with Gasteiger partial charge in [0.25, 0.3) is 5.91 Å². The first kappa shape index (κ1) is 29.2. The van der Waals surface area contributed by atoms with Crippen LogP contribution in [0.3, 0.4) is 0 Å². The number of aromatic nitrogens is 2. The molecular formula is C31H34F3N5O4. The van der Waals surface area contributed by atoms with Crippen molar-refractivity contribution >= 4 is 17.5 Å². The quantitative estimate of drug-likeness (QED) is 0.466. The van der Waals surface area contributed by atoms with Gasteiger partial charge in [-0.2, -0.15) is 18.3 Å². The monoisotopic (exact) mass is 597 g/mol. The average molecular weight is 598 g/mol. The molecule has 0 saturated carbocycles. The Balaban J connectivity index is 1.14. The number of alkyl halides is 3. The van der Waals surface area contributed by atoms with Gasteiger partial charge in [0.05, 0.1) is 29.6 Å². The zero-order chi connectivity index (χ0) is 30.3. The van der Waals surface area contributed by atoms with Crippen LogP contribution in [0.4, 0.5) is 18.9 Å². The van der Waals surface area contributed by atoms with E-state index in [1.165, 1.54) is 19.1 Å². The number of carbonyl (C=O) groups is 2. The van der Waals surface area contributed by atoms with Crippen LogP contribution in [0.1, 0.15) is 36.6 Å². The molecule has 9 nitrogen and oxygen atoms in total. The Morgan fingerprint density at radius 1 is 1.07 bits per heavy atom. The predicted molar refractivity (Wildman–Crippen MR) is 152 cm³/mol. The minimum Gasteiger partial charge on any atom is -0.482 e. The van der Waals surface area contributed by atoms with Crippen LogP contribution in [0.25, 0.3) is 11.3 Å². The van der Waals surface area contributed by atoms with Gasteiger partial charge in [0, 0.05) is 68.9 Å². The first-order valence-electron chi connectivity index (χ1n) is 14.5. The number of piperidine rings is 1. The molecule has 3 aliphatic heterocycles. The van der Waals surface area contributed by atoms with Gasteiger partial charge in [-0.25, -0.2) is 0 Å². The number of halogens is 3. The number of amides is 2. The number of rotatable bonds is 6. The fraction of sp³-hybridized carbons (Fsp3) is 0.452. The van der Waals surface area contributed by atoms with Crippen molar-refractivity contribution in [1.82, 2.24) is 19.6 Å². The number of nitrogens with zero attached hydrogens (tertiary/aromatic N) is 5. The van der Waals surface area contributed by atoms with Gasteiger partial charge >= 0.3 is 6.18 Å². The molecule has 6 rings (SSSR count). The lowest BCUT2D eigenvalue weighted by molar-refractivity contribution is -0.137. The molecule has 43 heavy (non-hydrogen) atoms. The highest BCUT2D eigenvalue weighted by molar-refractivity contribution is 5.98. The van der Waals surface area contributed by atoms with E-state index in [0.717, 1.165) is 55.0 Å². The van der Waals surface area contributed by atoms with Crippen LogP contribution in [0.5, 0.6) is 5.75 Å². The minimum absolute atomic E-state index is 0.0305. The van der Waals surface area contributed by atoms with Gasteiger partial charge in [-0.3, -0.25) is 14.3 Å². The third-order valence-electron chi connectivity index (χ3n) is 8.58. The van der Waals surface area contributed by atoms with Crippen LogP contribution in [0.15, 0.2) is 48.5 Å². The summed E-state index contributed by atoms with van der Waals surface area (Å²) in [5.74, 6) is 0.583. The van der Waals surface area contributed by atoms with E-state index in [-0.39, 0.29) is 31.0 Å². The molecule has 1 aromatic heterocycles. The third kappa shape index (κ3) is 5.98. The molecule has 3 aromatic rings. The molecule has 12 heteroatoms. The van der Waals surface area contributed by atoms with Crippen molar-refractivity contribution in [3.63, 3.8) is 0 Å².